The van der Waals surface area contributed by atoms with Crippen molar-refractivity contribution >= 4 is 60.3 Å². The molecule has 6 atom stereocenters. The normalized spacial score (nSPS) is 27.5. The Morgan fingerprint density at radius 3 is 1.66 bits per heavy atom. The van der Waals surface area contributed by atoms with E-state index in [-0.39, 0.29) is 29.2 Å². The zero-order chi connectivity index (χ0) is 35.0. The highest BCUT2D eigenvalue weighted by Gasteiger charge is 2.69. The molecule has 3 fully saturated rings. The Balaban J connectivity index is 1.72. The highest BCUT2D eigenvalue weighted by Crippen LogP contribution is 2.48. The van der Waals surface area contributed by atoms with E-state index in [1.54, 1.807) is 0 Å². The summed E-state index contributed by atoms with van der Waals surface area (Å²) >= 11 is 0. The zero-order valence-electron chi connectivity index (χ0n) is 30.9. The van der Waals surface area contributed by atoms with Crippen LogP contribution in [0.25, 0.3) is 0 Å². The molecule has 0 unspecified atom stereocenters. The number of nitrogens with zero attached hydrogens (tertiary/aromatic N) is 1. The molecule has 258 valence electrons. The molecule has 3 saturated heterocycles. The van der Waals surface area contributed by atoms with Gasteiger partial charge < -0.3 is 13.6 Å². The van der Waals surface area contributed by atoms with Crippen molar-refractivity contribution in [1.82, 2.24) is 10.2 Å². The van der Waals surface area contributed by atoms with Crippen molar-refractivity contribution in [2.24, 2.45) is 5.92 Å². The molecule has 3 aliphatic rings. The van der Waals surface area contributed by atoms with E-state index in [0.717, 1.165) is 0 Å². The fourth-order valence-corrected chi connectivity index (χ4v) is 109. The molecule has 1 N–H and O–H groups in total. The first-order valence-electron chi connectivity index (χ1n) is 17.3. The Hall–Kier alpha value is -1.66. The third-order valence-corrected chi connectivity index (χ3v) is 83.6. The molecule has 2 aromatic rings. The molecule has 12 heteroatoms. The van der Waals surface area contributed by atoms with E-state index in [4.69, 9.17) is 13.6 Å². The van der Waals surface area contributed by atoms with Gasteiger partial charge in [0.05, 0.1) is 46.9 Å². The Labute approximate surface area is 287 Å². The molecule has 7 nitrogen and oxygen atoms in total. The van der Waals surface area contributed by atoms with Gasteiger partial charge in [-0.3, -0.25) is 15.0 Å². The number of nitrogens with one attached hydrogen (secondary N) is 1. The molecule has 2 bridgehead atoms. The Bertz CT molecular complexity index is 1390. The van der Waals surface area contributed by atoms with E-state index in [1.165, 1.54) is 10.4 Å². The van der Waals surface area contributed by atoms with Crippen LogP contribution >= 0.6 is 0 Å². The highest BCUT2D eigenvalue weighted by atomic mass is 29.9. The maximum absolute atomic E-state index is 13.7. The molecule has 0 spiro atoms. The highest BCUT2D eigenvalue weighted by molar-refractivity contribution is 7.87. The average molecular weight is 727 g/mol. The summed E-state index contributed by atoms with van der Waals surface area (Å²) in [6.07, 6.45) is -1.08. The second kappa shape index (κ2) is 12.3. The maximum atomic E-state index is 13.7. The van der Waals surface area contributed by atoms with Crippen LogP contribution in [-0.2, 0) is 18.4 Å². The summed E-state index contributed by atoms with van der Waals surface area (Å²) in [5.74, 6) is -0.647. The van der Waals surface area contributed by atoms with Crippen LogP contribution in [0.1, 0.15) is 34.1 Å². The summed E-state index contributed by atoms with van der Waals surface area (Å²) in [6, 6.07) is 20.7. The Morgan fingerprint density at radius 2 is 1.23 bits per heavy atom. The maximum Gasteiger partial charge on any atom is 0.326 e. The first kappa shape index (κ1) is 36.6. The number of hydrogen-bond acceptors (Lipinski definition) is 5. The van der Waals surface area contributed by atoms with Crippen molar-refractivity contribution in [1.29, 1.82) is 0 Å². The monoisotopic (exact) mass is 726 g/mol. The van der Waals surface area contributed by atoms with Crippen molar-refractivity contribution in [3.63, 3.8) is 0 Å². The summed E-state index contributed by atoms with van der Waals surface area (Å²) in [5.41, 5.74) is 0. The summed E-state index contributed by atoms with van der Waals surface area (Å²) in [4.78, 5) is 28.9. The molecule has 0 saturated carbocycles. The number of benzene rings is 2. The van der Waals surface area contributed by atoms with Gasteiger partial charge in [0.25, 0.3) is 8.32 Å². The van der Waals surface area contributed by atoms with Gasteiger partial charge in [-0.1, -0.05) is 147 Å². The van der Waals surface area contributed by atoms with E-state index in [1.807, 2.05) is 11.8 Å². The number of ether oxygens (including phenoxy) is 1. The minimum atomic E-state index is -2.95. The van der Waals surface area contributed by atoms with Crippen LogP contribution in [0.3, 0.4) is 0 Å². The SMILES string of the molecule is C[C@@H]1C(=O)NC(=O)N2[C@@H]1[C@H](O[Si]([Si](C)(C)C)([Si](C)(C)C)[Si](C)(C)C)[C@@H]1O[C@H]2C[C@@H]1O[Si](c1ccccc1)(c1ccccc1)C(C)(C)C. The second-order valence-electron chi connectivity index (χ2n) is 18.1. The van der Waals surface area contributed by atoms with Gasteiger partial charge in [0, 0.05) is 6.42 Å². The predicted octanol–water partition coefficient (Wildman–Crippen LogP) is 6.20. The first-order chi connectivity index (χ1) is 21.6. The Kier molecular flexibility index (Phi) is 9.57. The molecule has 0 aliphatic carbocycles. The number of fused-ring (bicyclic) bond motifs is 4. The van der Waals surface area contributed by atoms with Crippen LogP contribution < -0.4 is 15.7 Å². The number of amides is 3. The lowest BCUT2D eigenvalue weighted by molar-refractivity contribution is -0.180. The number of hydrogen-bond donors (Lipinski definition) is 1. The van der Waals surface area contributed by atoms with Gasteiger partial charge in [0.15, 0.2) is 6.87 Å². The van der Waals surface area contributed by atoms with Crippen LogP contribution in [0.4, 0.5) is 4.79 Å². The van der Waals surface area contributed by atoms with Crippen LogP contribution in [0.5, 0.6) is 0 Å². The third-order valence-electron chi connectivity index (χ3n) is 11.0. The van der Waals surface area contributed by atoms with Gasteiger partial charge in [0.1, 0.15) is 12.3 Å². The van der Waals surface area contributed by atoms with Crippen LogP contribution in [0.15, 0.2) is 60.7 Å². The number of imide groups is 1. The predicted molar refractivity (Wildman–Crippen MR) is 205 cm³/mol. The van der Waals surface area contributed by atoms with E-state index in [2.05, 4.69) is 146 Å². The van der Waals surface area contributed by atoms with E-state index < -0.39 is 62.3 Å². The molecule has 3 heterocycles. The number of rotatable bonds is 9. The van der Waals surface area contributed by atoms with Gasteiger partial charge >= 0.3 is 6.03 Å². The minimum Gasteiger partial charge on any atom is -0.418 e. The van der Waals surface area contributed by atoms with Gasteiger partial charge in [-0.2, -0.15) is 0 Å². The summed E-state index contributed by atoms with van der Waals surface area (Å²) < 4.78 is 22.8. The molecule has 2 aromatic carbocycles. The molecule has 47 heavy (non-hydrogen) atoms. The van der Waals surface area contributed by atoms with Crippen molar-refractivity contribution in [3.05, 3.63) is 60.7 Å². The van der Waals surface area contributed by atoms with Gasteiger partial charge in [0.2, 0.25) is 5.91 Å². The van der Waals surface area contributed by atoms with Gasteiger partial charge in [-0.25, -0.2) is 4.79 Å². The van der Waals surface area contributed by atoms with Crippen LogP contribution in [0, 0.1) is 5.92 Å². The van der Waals surface area contributed by atoms with Crippen molar-refractivity contribution in [2.75, 3.05) is 0 Å². The molecule has 3 aliphatic heterocycles. The van der Waals surface area contributed by atoms with Gasteiger partial charge in [-0.05, 0) is 15.4 Å². The molecule has 5 rings (SSSR count). The number of urea groups is 1. The molecule has 0 radical (unpaired) electrons. The topological polar surface area (TPSA) is 77.1 Å². The zero-order valence-corrected chi connectivity index (χ0v) is 35.9. The average Bonchev–Trinajstić information content (AvgIpc) is 3.30. The smallest absolute Gasteiger partial charge is 0.326 e. The van der Waals surface area contributed by atoms with E-state index in [0.29, 0.717) is 6.42 Å². The fraction of sp³-hybridized carbons (Fsp3) is 0.600. The standard InChI is InChI=1S/C35H58N2O5Si5/c1-25-30-32(42-47(43(5,6)7,44(8,9)10)45(11,12)13)31-28(24-29(40-31)37(30)34(39)36-33(25)38)41-46(35(2,3)4,26-20-16-14-17-21-26)27-22-18-15-19-23-27/h14-23,25,28-32H,24H2,1-13H3,(H,36,38,39)/t25-,28-,29-,30-,31+,32-/m0/s1. The van der Waals surface area contributed by atoms with E-state index >= 15 is 0 Å². The lowest BCUT2D eigenvalue weighted by atomic mass is 9.89. The lowest BCUT2D eigenvalue weighted by Gasteiger charge is -2.60. The fourth-order valence-electron chi connectivity index (χ4n) is 10.2. The quantitative estimate of drug-likeness (QED) is 0.312. The van der Waals surface area contributed by atoms with Gasteiger partial charge in [-0.15, -0.1) is 0 Å². The van der Waals surface area contributed by atoms with Crippen molar-refractivity contribution in [2.45, 2.75) is 129 Å². The summed E-state index contributed by atoms with van der Waals surface area (Å²) in [7, 11) is -8.62. The second-order valence-corrected chi connectivity index (χ2v) is 61.8. The first-order valence-corrected chi connectivity index (χ1v) is 34.7. The third kappa shape index (κ3) is 5.87. The van der Waals surface area contributed by atoms with Crippen molar-refractivity contribution in [3.8, 4) is 0 Å². The number of carbonyl (C=O) groups is 2. The molecular formula is C35H58N2O5Si5. The lowest BCUT2D eigenvalue weighted by Crippen LogP contribution is -2.86. The molecular weight excluding hydrogens is 669 g/mol. The van der Waals surface area contributed by atoms with Crippen LogP contribution in [-0.4, -0.2) is 85.4 Å². The van der Waals surface area contributed by atoms with E-state index in [9.17, 15) is 9.59 Å². The Morgan fingerprint density at radius 1 is 0.766 bits per heavy atom. The van der Waals surface area contributed by atoms with Crippen LogP contribution in [0.2, 0.25) is 64.0 Å². The number of carbonyl (C=O) groups excluding carboxylic acids is 2. The summed E-state index contributed by atoms with van der Waals surface area (Å²) in [6.45, 7) is 29.0. The summed E-state index contributed by atoms with van der Waals surface area (Å²) in [5, 5.41) is 4.85. The minimum absolute atomic E-state index is 0.218. The largest absolute Gasteiger partial charge is 0.418 e. The van der Waals surface area contributed by atoms with Crippen molar-refractivity contribution < 1.29 is 23.2 Å². The molecule has 0 aromatic heterocycles. The molecule has 3 amide bonds.